The fourth-order valence-electron chi connectivity index (χ4n) is 3.29. The van der Waals surface area contributed by atoms with Gasteiger partial charge in [-0.25, -0.2) is 4.39 Å². The molecule has 1 aliphatic heterocycles. The third-order valence-electron chi connectivity index (χ3n) is 4.76. The van der Waals surface area contributed by atoms with E-state index in [4.69, 9.17) is 4.74 Å². The maximum Gasteiger partial charge on any atom is 0.229 e. The number of piperidine rings is 1. The summed E-state index contributed by atoms with van der Waals surface area (Å²) in [6.07, 6.45) is 1.63. The minimum atomic E-state index is -0.485. The molecule has 1 aliphatic rings. The second kappa shape index (κ2) is 8.66. The van der Waals surface area contributed by atoms with Crippen LogP contribution in [0.3, 0.4) is 0 Å². The molecular weight excluding hydrogens is 347 g/mol. The van der Waals surface area contributed by atoms with Crippen LogP contribution in [0.1, 0.15) is 18.4 Å². The first-order valence-electron chi connectivity index (χ1n) is 9.03. The van der Waals surface area contributed by atoms with E-state index >= 15 is 0 Å². The van der Waals surface area contributed by atoms with E-state index in [9.17, 15) is 14.0 Å². The van der Waals surface area contributed by atoms with Crippen molar-refractivity contribution >= 4 is 17.5 Å². The number of carbonyl (C=O) groups is 2. The molecule has 1 saturated heterocycles. The average molecular weight is 370 g/mol. The number of nitrogens with zero attached hydrogens (tertiary/aromatic N) is 1. The first-order chi connectivity index (χ1) is 13.1. The second-order valence-electron chi connectivity index (χ2n) is 6.68. The predicted octanol–water partition coefficient (Wildman–Crippen LogP) is 3.25. The van der Waals surface area contributed by atoms with E-state index in [1.807, 2.05) is 30.3 Å². The lowest BCUT2D eigenvalue weighted by molar-refractivity contribution is -0.133. The molecule has 27 heavy (non-hydrogen) atoms. The number of hydrogen-bond acceptors (Lipinski definition) is 3. The largest absolute Gasteiger partial charge is 0.494 e. The van der Waals surface area contributed by atoms with Gasteiger partial charge in [-0.3, -0.25) is 9.59 Å². The van der Waals surface area contributed by atoms with E-state index in [0.717, 1.165) is 18.5 Å². The Bertz CT molecular complexity index is 810. The highest BCUT2D eigenvalue weighted by atomic mass is 19.1. The van der Waals surface area contributed by atoms with Crippen LogP contribution >= 0.6 is 0 Å². The van der Waals surface area contributed by atoms with Crippen molar-refractivity contribution in [3.63, 3.8) is 0 Å². The number of halogens is 1. The Morgan fingerprint density at radius 3 is 2.70 bits per heavy atom. The molecule has 0 bridgehead atoms. The molecule has 1 fully saturated rings. The second-order valence-corrected chi connectivity index (χ2v) is 6.68. The monoisotopic (exact) mass is 370 g/mol. The molecule has 0 aliphatic carbocycles. The van der Waals surface area contributed by atoms with Gasteiger partial charge in [0.1, 0.15) is 0 Å². The first kappa shape index (κ1) is 18.9. The Balaban J connectivity index is 1.59. The number of para-hydroxylation sites is 1. The molecule has 6 heteroatoms. The van der Waals surface area contributed by atoms with E-state index in [-0.39, 0.29) is 29.9 Å². The summed E-state index contributed by atoms with van der Waals surface area (Å²) in [7, 11) is 1.40. The number of amides is 2. The van der Waals surface area contributed by atoms with E-state index in [2.05, 4.69) is 5.32 Å². The summed E-state index contributed by atoms with van der Waals surface area (Å²) in [6.45, 7) is 1.00. The summed E-state index contributed by atoms with van der Waals surface area (Å²) in [5.74, 6) is -0.746. The molecule has 3 rings (SSSR count). The van der Waals surface area contributed by atoms with Gasteiger partial charge in [-0.15, -0.1) is 0 Å². The molecule has 2 aromatic rings. The van der Waals surface area contributed by atoms with Gasteiger partial charge in [0.05, 0.1) is 19.4 Å². The molecule has 142 valence electrons. The van der Waals surface area contributed by atoms with Gasteiger partial charge in [0.25, 0.3) is 0 Å². The van der Waals surface area contributed by atoms with E-state index in [1.165, 1.54) is 19.2 Å². The van der Waals surface area contributed by atoms with Crippen molar-refractivity contribution in [2.75, 3.05) is 25.5 Å². The van der Waals surface area contributed by atoms with Gasteiger partial charge in [-0.05, 0) is 42.7 Å². The number of benzene rings is 2. The zero-order valence-electron chi connectivity index (χ0n) is 15.3. The lowest BCUT2D eigenvalue weighted by atomic mass is 9.96. The Morgan fingerprint density at radius 1 is 1.22 bits per heavy atom. The lowest BCUT2D eigenvalue weighted by Gasteiger charge is -2.32. The standard InChI is InChI=1S/C21H23FN2O3/c1-27-19-10-9-15(12-18(19)22)13-20(25)24-11-5-6-16(14-24)21(26)23-17-7-3-2-4-8-17/h2-4,7-10,12,16H,5-6,11,13-14H2,1H3,(H,23,26). The molecule has 0 aromatic heterocycles. The van der Waals surface area contributed by atoms with Crippen LogP contribution in [-0.2, 0) is 16.0 Å². The highest BCUT2D eigenvalue weighted by Crippen LogP contribution is 2.21. The van der Waals surface area contributed by atoms with Gasteiger partial charge in [-0.2, -0.15) is 0 Å². The molecule has 2 amide bonds. The van der Waals surface area contributed by atoms with Gasteiger partial charge in [0, 0.05) is 18.8 Å². The molecule has 2 aromatic carbocycles. The smallest absolute Gasteiger partial charge is 0.229 e. The molecule has 1 atom stereocenters. The van der Waals surface area contributed by atoms with Crippen LogP contribution in [0.2, 0.25) is 0 Å². The first-order valence-corrected chi connectivity index (χ1v) is 9.03. The summed E-state index contributed by atoms with van der Waals surface area (Å²) in [5.41, 5.74) is 1.34. The number of rotatable bonds is 5. The molecule has 0 saturated carbocycles. The predicted molar refractivity (Wildman–Crippen MR) is 101 cm³/mol. The summed E-state index contributed by atoms with van der Waals surface area (Å²) in [5, 5.41) is 2.90. The number of anilines is 1. The zero-order chi connectivity index (χ0) is 19.2. The SMILES string of the molecule is COc1ccc(CC(=O)N2CCCC(C(=O)Nc3ccccc3)C2)cc1F. The van der Waals surface area contributed by atoms with E-state index in [1.54, 1.807) is 11.0 Å². The van der Waals surface area contributed by atoms with Gasteiger partial charge >= 0.3 is 0 Å². The van der Waals surface area contributed by atoms with Gasteiger partial charge in [0.2, 0.25) is 11.8 Å². The van der Waals surface area contributed by atoms with Crippen molar-refractivity contribution in [2.24, 2.45) is 5.92 Å². The van der Waals surface area contributed by atoms with Crippen LogP contribution in [0.4, 0.5) is 10.1 Å². The van der Waals surface area contributed by atoms with Crippen molar-refractivity contribution in [3.8, 4) is 5.75 Å². The third-order valence-corrected chi connectivity index (χ3v) is 4.76. The van der Waals surface area contributed by atoms with Crippen LogP contribution in [0.25, 0.3) is 0 Å². The summed E-state index contributed by atoms with van der Waals surface area (Å²) in [6, 6.07) is 13.8. The zero-order valence-corrected chi connectivity index (χ0v) is 15.3. The molecular formula is C21H23FN2O3. The molecule has 0 spiro atoms. The van der Waals surface area contributed by atoms with Crippen molar-refractivity contribution < 1.29 is 18.7 Å². The summed E-state index contributed by atoms with van der Waals surface area (Å²) >= 11 is 0. The normalized spacial score (nSPS) is 16.7. The Kier molecular flexibility index (Phi) is 6.06. The maximum atomic E-state index is 13.8. The molecule has 1 heterocycles. The lowest BCUT2D eigenvalue weighted by Crippen LogP contribution is -2.44. The minimum absolute atomic E-state index is 0.0748. The fourth-order valence-corrected chi connectivity index (χ4v) is 3.29. The number of hydrogen-bond donors (Lipinski definition) is 1. The van der Waals surface area contributed by atoms with Crippen molar-refractivity contribution in [1.29, 1.82) is 0 Å². The topological polar surface area (TPSA) is 58.6 Å². The number of ether oxygens (including phenoxy) is 1. The van der Waals surface area contributed by atoms with Gasteiger partial charge < -0.3 is 15.0 Å². The highest BCUT2D eigenvalue weighted by molar-refractivity contribution is 5.93. The number of carbonyl (C=O) groups excluding carboxylic acids is 2. The van der Waals surface area contributed by atoms with Crippen molar-refractivity contribution in [3.05, 3.63) is 59.9 Å². The molecule has 0 radical (unpaired) electrons. The van der Waals surface area contributed by atoms with Gasteiger partial charge in [-0.1, -0.05) is 24.3 Å². The van der Waals surface area contributed by atoms with Crippen LogP contribution in [0, 0.1) is 11.7 Å². The van der Waals surface area contributed by atoms with E-state index < -0.39 is 5.82 Å². The van der Waals surface area contributed by atoms with Crippen molar-refractivity contribution in [2.45, 2.75) is 19.3 Å². The van der Waals surface area contributed by atoms with Crippen LogP contribution in [0.15, 0.2) is 48.5 Å². The average Bonchev–Trinajstić information content (AvgIpc) is 2.69. The fraction of sp³-hybridized carbons (Fsp3) is 0.333. The Morgan fingerprint density at radius 2 is 2.00 bits per heavy atom. The minimum Gasteiger partial charge on any atom is -0.494 e. The molecule has 1 N–H and O–H groups in total. The summed E-state index contributed by atoms with van der Waals surface area (Å²) < 4.78 is 18.7. The molecule has 1 unspecified atom stereocenters. The van der Waals surface area contributed by atoms with Crippen LogP contribution in [0.5, 0.6) is 5.75 Å². The van der Waals surface area contributed by atoms with Gasteiger partial charge in [0.15, 0.2) is 11.6 Å². The Hall–Kier alpha value is -2.89. The maximum absolute atomic E-state index is 13.8. The highest BCUT2D eigenvalue weighted by Gasteiger charge is 2.28. The number of nitrogens with one attached hydrogen (secondary N) is 1. The van der Waals surface area contributed by atoms with E-state index in [0.29, 0.717) is 18.7 Å². The van der Waals surface area contributed by atoms with Crippen molar-refractivity contribution in [1.82, 2.24) is 4.90 Å². The number of methoxy groups -OCH3 is 1. The summed E-state index contributed by atoms with van der Waals surface area (Å²) in [4.78, 5) is 26.8. The quantitative estimate of drug-likeness (QED) is 0.879. The number of likely N-dealkylation sites (tertiary alicyclic amines) is 1. The molecule has 5 nitrogen and oxygen atoms in total. The Labute approximate surface area is 158 Å². The van der Waals surface area contributed by atoms with Crippen LogP contribution < -0.4 is 10.1 Å². The third kappa shape index (κ3) is 4.84. The van der Waals surface area contributed by atoms with Crippen LogP contribution in [-0.4, -0.2) is 36.9 Å².